The summed E-state index contributed by atoms with van der Waals surface area (Å²) in [6.45, 7) is 2.42. The smallest absolute Gasteiger partial charge is 0.260 e. The van der Waals surface area contributed by atoms with Gasteiger partial charge in [-0.3, -0.25) is 9.69 Å². The molecular formula is C20H31ClN2O3. The van der Waals surface area contributed by atoms with Crippen molar-refractivity contribution in [2.45, 2.75) is 50.6 Å². The van der Waals surface area contributed by atoms with E-state index < -0.39 is 0 Å². The summed E-state index contributed by atoms with van der Waals surface area (Å²) in [6.07, 6.45) is 7.36. The van der Waals surface area contributed by atoms with Gasteiger partial charge in [-0.1, -0.05) is 25.0 Å². The van der Waals surface area contributed by atoms with Gasteiger partial charge in [0.05, 0.1) is 7.11 Å². The summed E-state index contributed by atoms with van der Waals surface area (Å²) in [7, 11) is 3.55. The van der Waals surface area contributed by atoms with E-state index in [1.807, 2.05) is 36.2 Å². The number of carbonyl (C=O) groups excluding carboxylic acids is 1. The summed E-state index contributed by atoms with van der Waals surface area (Å²) in [5, 5.41) is 0. The zero-order chi connectivity index (χ0) is 17.6. The van der Waals surface area contributed by atoms with Gasteiger partial charge in [-0.05, 0) is 50.9 Å². The van der Waals surface area contributed by atoms with E-state index in [-0.39, 0.29) is 24.9 Å². The van der Waals surface area contributed by atoms with Crippen LogP contribution in [0.2, 0.25) is 0 Å². The molecular weight excluding hydrogens is 352 g/mol. The molecule has 1 amide bonds. The van der Waals surface area contributed by atoms with E-state index in [2.05, 4.69) is 4.90 Å². The van der Waals surface area contributed by atoms with Gasteiger partial charge < -0.3 is 14.4 Å². The number of hydrogen-bond donors (Lipinski definition) is 0. The predicted octanol–water partition coefficient (Wildman–Crippen LogP) is 3.36. The van der Waals surface area contributed by atoms with E-state index in [0.29, 0.717) is 23.6 Å². The fourth-order valence-corrected chi connectivity index (χ4v) is 4.21. The Hall–Kier alpha value is -1.46. The topological polar surface area (TPSA) is 42.0 Å². The molecule has 0 aromatic heterocycles. The summed E-state index contributed by atoms with van der Waals surface area (Å²) < 4.78 is 11.0. The largest absolute Gasteiger partial charge is 0.493 e. The number of para-hydroxylation sites is 2. The number of nitrogens with zero attached hydrogens (tertiary/aromatic N) is 2. The highest BCUT2D eigenvalue weighted by molar-refractivity contribution is 5.85. The van der Waals surface area contributed by atoms with Crippen LogP contribution in [0, 0.1) is 0 Å². The first-order valence-electron chi connectivity index (χ1n) is 9.46. The summed E-state index contributed by atoms with van der Waals surface area (Å²) in [4.78, 5) is 17.2. The second-order valence-corrected chi connectivity index (χ2v) is 7.11. The molecule has 0 unspecified atom stereocenters. The maximum absolute atomic E-state index is 12.7. The van der Waals surface area contributed by atoms with Gasteiger partial charge in [0.2, 0.25) is 0 Å². The lowest BCUT2D eigenvalue weighted by Gasteiger charge is -2.42. The average molecular weight is 383 g/mol. The second kappa shape index (κ2) is 10.0. The molecule has 2 fully saturated rings. The van der Waals surface area contributed by atoms with E-state index in [0.717, 1.165) is 6.42 Å². The molecule has 2 atom stereocenters. The second-order valence-electron chi connectivity index (χ2n) is 7.11. The van der Waals surface area contributed by atoms with Crippen molar-refractivity contribution in [2.75, 3.05) is 33.9 Å². The first-order chi connectivity index (χ1) is 12.2. The first kappa shape index (κ1) is 20.8. The van der Waals surface area contributed by atoms with Crippen molar-refractivity contribution < 1.29 is 14.3 Å². The monoisotopic (exact) mass is 382 g/mol. The van der Waals surface area contributed by atoms with Crippen LogP contribution in [0.15, 0.2) is 24.3 Å². The van der Waals surface area contributed by atoms with Gasteiger partial charge in [-0.25, -0.2) is 0 Å². The third-order valence-electron chi connectivity index (χ3n) is 5.61. The summed E-state index contributed by atoms with van der Waals surface area (Å²) in [6, 6.07) is 8.27. The quantitative estimate of drug-likeness (QED) is 0.756. The number of methoxy groups -OCH3 is 1. The fraction of sp³-hybridized carbons (Fsp3) is 0.650. The molecule has 0 radical (unpaired) electrons. The fourth-order valence-electron chi connectivity index (χ4n) is 4.21. The van der Waals surface area contributed by atoms with Crippen LogP contribution in [0.4, 0.5) is 0 Å². The maximum atomic E-state index is 12.7. The number of halogens is 1. The number of ether oxygens (including phenoxy) is 2. The van der Waals surface area contributed by atoms with Crippen molar-refractivity contribution in [3.8, 4) is 11.5 Å². The zero-order valence-corrected chi connectivity index (χ0v) is 16.7. The van der Waals surface area contributed by atoms with Gasteiger partial charge in [0.15, 0.2) is 18.1 Å². The minimum atomic E-state index is 0. The molecule has 1 aromatic carbocycles. The van der Waals surface area contributed by atoms with Crippen molar-refractivity contribution in [1.82, 2.24) is 9.80 Å². The molecule has 1 saturated heterocycles. The molecule has 0 N–H and O–H groups in total. The molecule has 1 aliphatic heterocycles. The molecule has 3 rings (SSSR count). The molecule has 2 aliphatic rings. The first-order valence-corrected chi connectivity index (χ1v) is 9.46. The van der Waals surface area contributed by atoms with Crippen molar-refractivity contribution in [3.63, 3.8) is 0 Å². The molecule has 1 heterocycles. The highest BCUT2D eigenvalue weighted by Gasteiger charge is 2.35. The van der Waals surface area contributed by atoms with Crippen LogP contribution >= 0.6 is 12.4 Å². The number of benzene rings is 1. The van der Waals surface area contributed by atoms with Crippen LogP contribution in [-0.4, -0.2) is 61.6 Å². The van der Waals surface area contributed by atoms with Crippen molar-refractivity contribution in [3.05, 3.63) is 24.3 Å². The number of amides is 1. The zero-order valence-electron chi connectivity index (χ0n) is 15.9. The van der Waals surface area contributed by atoms with E-state index in [9.17, 15) is 4.79 Å². The number of likely N-dealkylation sites (N-methyl/N-ethyl adjacent to an activating group) is 1. The number of hydrogen-bond acceptors (Lipinski definition) is 4. The minimum absolute atomic E-state index is 0. The van der Waals surface area contributed by atoms with Crippen molar-refractivity contribution >= 4 is 18.3 Å². The standard InChI is InChI=1S/C20H30N2O3.ClH/c1-21(16-9-3-4-10-17(16)22-13-7-8-14-22)20(23)15-25-19-12-6-5-11-18(19)24-2;/h5-6,11-12,16-17H,3-4,7-10,13-15H2,1-2H3;1H/t16-,17-;/m1./s1. The summed E-state index contributed by atoms with van der Waals surface area (Å²) >= 11 is 0. The van der Waals surface area contributed by atoms with Crippen LogP contribution in [0.5, 0.6) is 11.5 Å². The van der Waals surface area contributed by atoms with Crippen molar-refractivity contribution in [2.24, 2.45) is 0 Å². The summed E-state index contributed by atoms with van der Waals surface area (Å²) in [5.74, 6) is 1.32. The molecule has 26 heavy (non-hydrogen) atoms. The Labute approximate surface area is 163 Å². The Morgan fingerprint density at radius 3 is 2.46 bits per heavy atom. The number of rotatable bonds is 6. The molecule has 1 saturated carbocycles. The van der Waals surface area contributed by atoms with Crippen LogP contribution in [0.25, 0.3) is 0 Å². The van der Waals surface area contributed by atoms with Gasteiger partial charge in [-0.15, -0.1) is 12.4 Å². The lowest BCUT2D eigenvalue weighted by Crippen LogP contribution is -2.53. The van der Waals surface area contributed by atoms with Gasteiger partial charge in [-0.2, -0.15) is 0 Å². The Morgan fingerprint density at radius 1 is 1.12 bits per heavy atom. The van der Waals surface area contributed by atoms with E-state index >= 15 is 0 Å². The maximum Gasteiger partial charge on any atom is 0.260 e. The lowest BCUT2D eigenvalue weighted by molar-refractivity contribution is -0.136. The van der Waals surface area contributed by atoms with Gasteiger partial charge in [0.25, 0.3) is 5.91 Å². The molecule has 0 spiro atoms. The molecule has 0 bridgehead atoms. The Balaban J connectivity index is 0.00000243. The molecule has 6 heteroatoms. The van der Waals surface area contributed by atoms with Crippen LogP contribution in [-0.2, 0) is 4.79 Å². The van der Waals surface area contributed by atoms with Crippen LogP contribution in [0.1, 0.15) is 38.5 Å². The SMILES string of the molecule is COc1ccccc1OCC(=O)N(C)[C@@H]1CCCC[C@H]1N1CCCC1.Cl. The normalized spacial score (nSPS) is 23.2. The van der Waals surface area contributed by atoms with Gasteiger partial charge in [0.1, 0.15) is 0 Å². The van der Waals surface area contributed by atoms with E-state index in [1.165, 1.54) is 45.2 Å². The predicted molar refractivity (Wildman–Crippen MR) is 105 cm³/mol. The third-order valence-corrected chi connectivity index (χ3v) is 5.61. The Kier molecular flexibility index (Phi) is 8.04. The highest BCUT2D eigenvalue weighted by Crippen LogP contribution is 2.30. The molecule has 5 nitrogen and oxygen atoms in total. The molecule has 146 valence electrons. The number of carbonyl (C=O) groups is 1. The van der Waals surface area contributed by atoms with E-state index in [1.54, 1.807) is 7.11 Å². The van der Waals surface area contributed by atoms with Gasteiger partial charge >= 0.3 is 0 Å². The lowest BCUT2D eigenvalue weighted by atomic mass is 9.88. The Bertz CT molecular complexity index is 578. The number of likely N-dealkylation sites (tertiary alicyclic amines) is 1. The molecule has 1 aromatic rings. The Morgan fingerprint density at radius 2 is 1.77 bits per heavy atom. The van der Waals surface area contributed by atoms with Gasteiger partial charge in [0, 0.05) is 19.1 Å². The molecule has 1 aliphatic carbocycles. The van der Waals surface area contributed by atoms with E-state index in [4.69, 9.17) is 9.47 Å². The van der Waals surface area contributed by atoms with Crippen LogP contribution in [0.3, 0.4) is 0 Å². The highest BCUT2D eigenvalue weighted by atomic mass is 35.5. The third kappa shape index (κ3) is 4.83. The average Bonchev–Trinajstić information content (AvgIpc) is 3.20. The van der Waals surface area contributed by atoms with Crippen molar-refractivity contribution in [1.29, 1.82) is 0 Å². The summed E-state index contributed by atoms with van der Waals surface area (Å²) in [5.41, 5.74) is 0. The minimum Gasteiger partial charge on any atom is -0.493 e. The van der Waals surface area contributed by atoms with Crippen LogP contribution < -0.4 is 9.47 Å².